The molecule has 0 amide bonds. The summed E-state index contributed by atoms with van der Waals surface area (Å²) < 4.78 is 0. The highest BCUT2D eigenvalue weighted by Crippen LogP contribution is 2.22. The van der Waals surface area contributed by atoms with E-state index in [2.05, 4.69) is 9.97 Å². The number of hydrogen-bond donors (Lipinski definition) is 0. The molecule has 0 radical (unpaired) electrons. The van der Waals surface area contributed by atoms with Gasteiger partial charge in [0.15, 0.2) is 0 Å². The smallest absolute Gasteiger partial charge is 0.253 e. The van der Waals surface area contributed by atoms with Crippen molar-refractivity contribution in [1.82, 2.24) is 9.97 Å². The van der Waals surface area contributed by atoms with E-state index in [0.29, 0.717) is 11.0 Å². The summed E-state index contributed by atoms with van der Waals surface area (Å²) in [6.45, 7) is 7.87. The zero-order valence-corrected chi connectivity index (χ0v) is 16.3. The minimum Gasteiger partial charge on any atom is -0.283 e. The van der Waals surface area contributed by atoms with Crippen molar-refractivity contribution >= 4 is 33.4 Å². The molecule has 0 saturated heterocycles. The number of hydrogen-bond acceptors (Lipinski definition) is 4. The van der Waals surface area contributed by atoms with E-state index in [4.69, 9.17) is 0 Å². The summed E-state index contributed by atoms with van der Waals surface area (Å²) in [5.74, 6) is -1.27. The number of Topliss-reactive ketones (excluding diaryl/α,β-unsaturated/α-hetero) is 2. The molecule has 0 spiro atoms. The Morgan fingerprint density at radius 1 is 0.607 bits per heavy atom. The van der Waals surface area contributed by atoms with Crippen molar-refractivity contribution in [2.75, 3.05) is 0 Å². The van der Waals surface area contributed by atoms with E-state index in [1.807, 2.05) is 64.1 Å². The van der Waals surface area contributed by atoms with Gasteiger partial charge in [0.2, 0.25) is 0 Å². The minimum absolute atomic E-state index is 0.155. The predicted octanol–water partition coefficient (Wildman–Crippen LogP) is 5.08. The van der Waals surface area contributed by atoms with E-state index in [9.17, 15) is 9.59 Å². The molecule has 4 rings (SSSR count). The Morgan fingerprint density at radius 2 is 1.00 bits per heavy atom. The van der Waals surface area contributed by atoms with Crippen molar-refractivity contribution in [3.8, 4) is 0 Å². The van der Waals surface area contributed by atoms with Crippen LogP contribution in [0.3, 0.4) is 0 Å². The molecule has 0 bridgehead atoms. The fraction of sp³-hybridized carbons (Fsp3) is 0.167. The fourth-order valence-electron chi connectivity index (χ4n) is 3.48. The zero-order valence-electron chi connectivity index (χ0n) is 16.3. The molecule has 4 aromatic rings. The first-order valence-corrected chi connectivity index (χ1v) is 9.18. The van der Waals surface area contributed by atoms with E-state index in [0.717, 1.165) is 33.0 Å². The molecule has 4 nitrogen and oxygen atoms in total. The molecule has 2 heterocycles. The third-order valence-electron chi connectivity index (χ3n) is 5.01. The quantitative estimate of drug-likeness (QED) is 0.374. The second-order valence-electron chi connectivity index (χ2n) is 7.35. The van der Waals surface area contributed by atoms with E-state index < -0.39 is 11.6 Å². The molecule has 0 aliphatic rings. The van der Waals surface area contributed by atoms with Crippen LogP contribution in [-0.2, 0) is 0 Å². The van der Waals surface area contributed by atoms with Crippen LogP contribution in [0.2, 0.25) is 0 Å². The largest absolute Gasteiger partial charge is 0.283 e. The van der Waals surface area contributed by atoms with Crippen LogP contribution in [0.4, 0.5) is 0 Å². The van der Waals surface area contributed by atoms with E-state index in [1.54, 1.807) is 12.1 Å². The van der Waals surface area contributed by atoms with Crippen molar-refractivity contribution in [2.45, 2.75) is 27.7 Å². The minimum atomic E-state index is -0.635. The van der Waals surface area contributed by atoms with Crippen LogP contribution in [0.1, 0.15) is 43.2 Å². The number of carbonyl (C=O) groups excluding carboxylic acids is 2. The Labute approximate surface area is 163 Å². The van der Waals surface area contributed by atoms with Gasteiger partial charge in [-0.3, -0.25) is 9.59 Å². The number of rotatable bonds is 3. The van der Waals surface area contributed by atoms with Gasteiger partial charge >= 0.3 is 0 Å². The van der Waals surface area contributed by atoms with Gasteiger partial charge in [0, 0.05) is 10.8 Å². The SMILES string of the molecule is Cc1ccc2nc(C(=O)C(=O)c3cc(C)c4cc(C)ccc4n3)cc(C)c2c1. The molecule has 28 heavy (non-hydrogen) atoms. The summed E-state index contributed by atoms with van der Waals surface area (Å²) >= 11 is 0. The molecule has 2 aromatic carbocycles. The molecule has 0 aliphatic heterocycles. The first-order valence-electron chi connectivity index (χ1n) is 9.18. The lowest BCUT2D eigenvalue weighted by atomic mass is 10.0. The second-order valence-corrected chi connectivity index (χ2v) is 7.35. The van der Waals surface area contributed by atoms with Crippen LogP contribution in [0.15, 0.2) is 48.5 Å². The number of pyridine rings is 2. The number of carbonyl (C=O) groups is 2. The maximum Gasteiger partial charge on any atom is 0.253 e. The topological polar surface area (TPSA) is 59.9 Å². The number of benzene rings is 2. The normalized spacial score (nSPS) is 11.1. The van der Waals surface area contributed by atoms with Gasteiger partial charge in [-0.05, 0) is 75.2 Å². The summed E-state index contributed by atoms with van der Waals surface area (Å²) in [6, 6.07) is 15.1. The van der Waals surface area contributed by atoms with Gasteiger partial charge in [0.05, 0.1) is 11.0 Å². The Kier molecular flexibility index (Phi) is 4.27. The van der Waals surface area contributed by atoms with Crippen LogP contribution < -0.4 is 0 Å². The van der Waals surface area contributed by atoms with Crippen molar-refractivity contribution in [2.24, 2.45) is 0 Å². The Bertz CT molecular complexity index is 1190. The number of aryl methyl sites for hydroxylation is 4. The highest BCUT2D eigenvalue weighted by atomic mass is 16.2. The van der Waals surface area contributed by atoms with Gasteiger partial charge in [-0.25, -0.2) is 9.97 Å². The number of nitrogens with zero attached hydrogens (tertiary/aromatic N) is 2. The maximum absolute atomic E-state index is 12.9. The van der Waals surface area contributed by atoms with Gasteiger partial charge in [0.25, 0.3) is 11.6 Å². The van der Waals surface area contributed by atoms with Gasteiger partial charge in [-0.15, -0.1) is 0 Å². The van der Waals surface area contributed by atoms with Crippen LogP contribution in [-0.4, -0.2) is 21.5 Å². The average Bonchev–Trinajstić information content (AvgIpc) is 2.67. The lowest BCUT2D eigenvalue weighted by Crippen LogP contribution is -2.18. The van der Waals surface area contributed by atoms with Gasteiger partial charge < -0.3 is 0 Å². The van der Waals surface area contributed by atoms with E-state index in [1.165, 1.54) is 0 Å². The highest BCUT2D eigenvalue weighted by molar-refractivity contribution is 6.48. The van der Waals surface area contributed by atoms with E-state index >= 15 is 0 Å². The highest BCUT2D eigenvalue weighted by Gasteiger charge is 2.23. The monoisotopic (exact) mass is 368 g/mol. The van der Waals surface area contributed by atoms with Crippen molar-refractivity contribution in [3.05, 3.63) is 82.2 Å². The summed E-state index contributed by atoms with van der Waals surface area (Å²) in [5.41, 5.74) is 5.81. The van der Waals surface area contributed by atoms with Gasteiger partial charge in [0.1, 0.15) is 11.4 Å². The lowest BCUT2D eigenvalue weighted by Gasteiger charge is -2.08. The molecule has 138 valence electrons. The van der Waals surface area contributed by atoms with Crippen molar-refractivity contribution in [3.63, 3.8) is 0 Å². The van der Waals surface area contributed by atoms with Crippen LogP contribution >= 0.6 is 0 Å². The first kappa shape index (κ1) is 18.0. The van der Waals surface area contributed by atoms with Crippen molar-refractivity contribution < 1.29 is 9.59 Å². The Balaban J connectivity index is 1.77. The third-order valence-corrected chi connectivity index (χ3v) is 5.01. The Morgan fingerprint density at radius 3 is 1.39 bits per heavy atom. The molecule has 4 heteroatoms. The molecule has 0 N–H and O–H groups in total. The fourth-order valence-corrected chi connectivity index (χ4v) is 3.48. The average molecular weight is 368 g/mol. The number of ketones is 2. The summed E-state index contributed by atoms with van der Waals surface area (Å²) in [5, 5.41) is 1.97. The number of aromatic nitrogens is 2. The standard InChI is InChI=1S/C24H20N2O2/c1-13-5-7-19-17(9-13)15(3)11-21(25-19)23(27)24(28)22-12-16(4)18-10-14(2)6-8-20(18)26-22/h5-12H,1-4H3. The summed E-state index contributed by atoms with van der Waals surface area (Å²) in [6.07, 6.45) is 0. The molecule has 0 saturated carbocycles. The van der Waals surface area contributed by atoms with Crippen molar-refractivity contribution in [1.29, 1.82) is 0 Å². The van der Waals surface area contributed by atoms with Crippen LogP contribution in [0.25, 0.3) is 21.8 Å². The first-order chi connectivity index (χ1) is 13.3. The predicted molar refractivity (Wildman–Crippen MR) is 111 cm³/mol. The number of fused-ring (bicyclic) bond motifs is 2. The van der Waals surface area contributed by atoms with Gasteiger partial charge in [-0.2, -0.15) is 0 Å². The van der Waals surface area contributed by atoms with Gasteiger partial charge in [-0.1, -0.05) is 23.3 Å². The lowest BCUT2D eigenvalue weighted by molar-refractivity contribution is 0.0811. The molecular weight excluding hydrogens is 348 g/mol. The van der Waals surface area contributed by atoms with Crippen LogP contribution in [0, 0.1) is 27.7 Å². The molecule has 2 aromatic heterocycles. The maximum atomic E-state index is 12.9. The zero-order chi connectivity index (χ0) is 20.0. The molecule has 0 unspecified atom stereocenters. The third kappa shape index (κ3) is 3.07. The summed E-state index contributed by atoms with van der Waals surface area (Å²) in [7, 11) is 0. The molecule has 0 fully saturated rings. The molecule has 0 atom stereocenters. The summed E-state index contributed by atoms with van der Waals surface area (Å²) in [4.78, 5) is 34.6. The Hall–Kier alpha value is -3.40. The van der Waals surface area contributed by atoms with Crippen LogP contribution in [0.5, 0.6) is 0 Å². The second kappa shape index (κ2) is 6.64. The molecular formula is C24H20N2O2. The molecule has 0 aliphatic carbocycles. The van der Waals surface area contributed by atoms with E-state index in [-0.39, 0.29) is 11.4 Å².